The van der Waals surface area contributed by atoms with Gasteiger partial charge in [-0.1, -0.05) is 78.9 Å². The Labute approximate surface area is 192 Å². The fraction of sp³-hybridized carbons (Fsp3) is 0.0345. The number of rotatable bonds is 6. The molecule has 0 aliphatic rings. The molecule has 0 bridgehead atoms. The number of carbonyl (C=O) groups is 1. The van der Waals surface area contributed by atoms with Crippen LogP contribution in [-0.4, -0.2) is 12.1 Å². The van der Waals surface area contributed by atoms with Crippen molar-refractivity contribution >= 4 is 33.7 Å². The molecule has 0 aromatic heterocycles. The molecule has 0 atom stereocenters. The van der Waals surface area contributed by atoms with Gasteiger partial charge >= 0.3 is 0 Å². The molecule has 4 nitrogen and oxygen atoms in total. The molecule has 0 heterocycles. The zero-order chi connectivity index (χ0) is 22.5. The molecular weight excluding hydrogens is 408 g/mol. The highest BCUT2D eigenvalue weighted by atomic mass is 16.5. The first-order valence-corrected chi connectivity index (χ1v) is 10.8. The van der Waals surface area contributed by atoms with Crippen LogP contribution >= 0.6 is 0 Å². The van der Waals surface area contributed by atoms with Crippen LogP contribution in [0.25, 0.3) is 21.5 Å². The third-order valence-corrected chi connectivity index (χ3v) is 5.54. The van der Waals surface area contributed by atoms with Crippen molar-refractivity contribution in [3.63, 3.8) is 0 Å². The number of benzene rings is 5. The minimum Gasteiger partial charge on any atom is -0.489 e. The lowest BCUT2D eigenvalue weighted by Crippen LogP contribution is -2.17. The highest BCUT2D eigenvalue weighted by molar-refractivity contribution is 6.13. The second kappa shape index (κ2) is 9.37. The first kappa shape index (κ1) is 20.5. The number of hydrazone groups is 1. The van der Waals surface area contributed by atoms with Crippen molar-refractivity contribution in [3.8, 4) is 5.75 Å². The van der Waals surface area contributed by atoms with Crippen molar-refractivity contribution in [1.82, 2.24) is 5.43 Å². The van der Waals surface area contributed by atoms with Gasteiger partial charge in [-0.25, -0.2) is 5.43 Å². The average Bonchev–Trinajstić information content (AvgIpc) is 2.88. The van der Waals surface area contributed by atoms with E-state index in [0.29, 0.717) is 17.9 Å². The Bertz CT molecular complexity index is 1390. The lowest BCUT2D eigenvalue weighted by Gasteiger charge is -2.08. The van der Waals surface area contributed by atoms with E-state index in [1.54, 1.807) is 30.5 Å². The van der Waals surface area contributed by atoms with E-state index >= 15 is 0 Å². The van der Waals surface area contributed by atoms with Crippen molar-refractivity contribution in [2.24, 2.45) is 5.10 Å². The first-order chi connectivity index (χ1) is 16.3. The quantitative estimate of drug-likeness (QED) is 0.194. The minimum atomic E-state index is -0.273. The summed E-state index contributed by atoms with van der Waals surface area (Å²) in [7, 11) is 0. The van der Waals surface area contributed by atoms with Gasteiger partial charge in [0.05, 0.1) is 6.21 Å². The van der Waals surface area contributed by atoms with Gasteiger partial charge < -0.3 is 4.74 Å². The van der Waals surface area contributed by atoms with E-state index < -0.39 is 0 Å². The van der Waals surface area contributed by atoms with Crippen molar-refractivity contribution in [2.75, 3.05) is 0 Å². The number of carbonyl (C=O) groups excluding carboxylic acids is 1. The van der Waals surface area contributed by atoms with Crippen LogP contribution in [0.4, 0.5) is 0 Å². The third-order valence-electron chi connectivity index (χ3n) is 5.54. The van der Waals surface area contributed by atoms with Gasteiger partial charge in [0.1, 0.15) is 12.4 Å². The zero-order valence-electron chi connectivity index (χ0n) is 17.9. The summed E-state index contributed by atoms with van der Waals surface area (Å²) in [6.45, 7) is 0.482. The predicted octanol–water partition coefficient (Wildman–Crippen LogP) is 6.34. The normalized spacial score (nSPS) is 11.2. The predicted molar refractivity (Wildman–Crippen MR) is 134 cm³/mol. The number of hydrogen-bond acceptors (Lipinski definition) is 3. The van der Waals surface area contributed by atoms with Crippen molar-refractivity contribution in [2.45, 2.75) is 6.61 Å². The molecule has 33 heavy (non-hydrogen) atoms. The number of ether oxygens (including phenoxy) is 1. The second-order valence-electron chi connectivity index (χ2n) is 7.73. The van der Waals surface area contributed by atoms with Gasteiger partial charge in [0.25, 0.3) is 5.91 Å². The Hall–Kier alpha value is -4.44. The van der Waals surface area contributed by atoms with Crippen LogP contribution in [0, 0.1) is 0 Å². The van der Waals surface area contributed by atoms with E-state index in [1.165, 1.54) is 0 Å². The molecule has 160 valence electrons. The molecule has 0 aliphatic carbocycles. The molecule has 0 spiro atoms. The summed E-state index contributed by atoms with van der Waals surface area (Å²) >= 11 is 0. The molecule has 4 heteroatoms. The Balaban J connectivity index is 1.30. The molecule has 5 aromatic carbocycles. The first-order valence-electron chi connectivity index (χ1n) is 10.8. The number of amides is 1. The van der Waals surface area contributed by atoms with E-state index in [-0.39, 0.29) is 5.91 Å². The minimum absolute atomic E-state index is 0.273. The highest BCUT2D eigenvalue weighted by Crippen LogP contribution is 2.27. The summed E-state index contributed by atoms with van der Waals surface area (Å²) in [5.74, 6) is 0.437. The van der Waals surface area contributed by atoms with Gasteiger partial charge in [0, 0.05) is 11.1 Å². The number of nitrogens with zero attached hydrogens (tertiary/aromatic N) is 1. The molecule has 1 N–H and O–H groups in total. The Kier molecular flexibility index (Phi) is 5.81. The Morgan fingerprint density at radius 2 is 1.36 bits per heavy atom. The summed E-state index contributed by atoms with van der Waals surface area (Å²) < 4.78 is 5.79. The van der Waals surface area contributed by atoms with E-state index in [0.717, 1.165) is 32.7 Å². The molecule has 0 fully saturated rings. The van der Waals surface area contributed by atoms with Gasteiger partial charge in [0.15, 0.2) is 0 Å². The SMILES string of the molecule is O=C(NN=Cc1c2ccccc2cc2ccccc12)c1ccc(OCc2ccccc2)cc1. The molecule has 0 saturated heterocycles. The topological polar surface area (TPSA) is 50.7 Å². The van der Waals surface area contributed by atoms with Crippen LogP contribution < -0.4 is 10.2 Å². The summed E-state index contributed by atoms with van der Waals surface area (Å²) in [6.07, 6.45) is 1.72. The molecular formula is C29H22N2O2. The van der Waals surface area contributed by atoms with E-state index in [1.807, 2.05) is 54.6 Å². The Morgan fingerprint density at radius 3 is 2.03 bits per heavy atom. The maximum atomic E-state index is 12.6. The van der Waals surface area contributed by atoms with Crippen molar-refractivity contribution in [3.05, 3.63) is 126 Å². The maximum Gasteiger partial charge on any atom is 0.271 e. The summed E-state index contributed by atoms with van der Waals surface area (Å²) in [5, 5.41) is 8.71. The summed E-state index contributed by atoms with van der Waals surface area (Å²) in [5.41, 5.74) is 5.23. The van der Waals surface area contributed by atoms with E-state index in [4.69, 9.17) is 4.74 Å². The van der Waals surface area contributed by atoms with Gasteiger partial charge in [-0.05, 0) is 57.4 Å². The van der Waals surface area contributed by atoms with Gasteiger partial charge in [-0.15, -0.1) is 0 Å². The summed E-state index contributed by atoms with van der Waals surface area (Å²) in [4.78, 5) is 12.6. The molecule has 0 unspecified atom stereocenters. The van der Waals surface area contributed by atoms with E-state index in [9.17, 15) is 4.79 Å². The highest BCUT2D eigenvalue weighted by Gasteiger charge is 2.07. The molecule has 0 radical (unpaired) electrons. The maximum absolute atomic E-state index is 12.6. The van der Waals surface area contributed by atoms with Crippen LogP contribution in [-0.2, 0) is 6.61 Å². The number of nitrogens with one attached hydrogen (secondary N) is 1. The largest absolute Gasteiger partial charge is 0.489 e. The van der Waals surface area contributed by atoms with Crippen LogP contribution in [0.15, 0.2) is 114 Å². The third kappa shape index (κ3) is 4.60. The smallest absolute Gasteiger partial charge is 0.271 e. The fourth-order valence-corrected chi connectivity index (χ4v) is 3.85. The summed E-state index contributed by atoms with van der Waals surface area (Å²) in [6, 6.07) is 35.5. The molecule has 1 amide bonds. The lowest BCUT2D eigenvalue weighted by molar-refractivity contribution is 0.0955. The number of fused-ring (bicyclic) bond motifs is 2. The fourth-order valence-electron chi connectivity index (χ4n) is 3.85. The average molecular weight is 431 g/mol. The van der Waals surface area contributed by atoms with Gasteiger partial charge in [-0.3, -0.25) is 4.79 Å². The van der Waals surface area contributed by atoms with Gasteiger partial charge in [-0.2, -0.15) is 5.10 Å². The van der Waals surface area contributed by atoms with E-state index in [2.05, 4.69) is 40.9 Å². The Morgan fingerprint density at radius 1 is 0.758 bits per heavy atom. The van der Waals surface area contributed by atoms with Crippen LogP contribution in [0.5, 0.6) is 5.75 Å². The van der Waals surface area contributed by atoms with Crippen LogP contribution in [0.3, 0.4) is 0 Å². The van der Waals surface area contributed by atoms with Crippen LogP contribution in [0.2, 0.25) is 0 Å². The van der Waals surface area contributed by atoms with Crippen LogP contribution in [0.1, 0.15) is 21.5 Å². The monoisotopic (exact) mass is 430 g/mol. The standard InChI is InChI=1S/C29H22N2O2/c32-29(22-14-16-25(17-15-22)33-20-21-8-2-1-3-9-21)31-30-19-28-26-12-6-4-10-23(26)18-24-11-5-7-13-27(24)28/h1-19H,20H2,(H,31,32). The molecule has 5 rings (SSSR count). The zero-order valence-corrected chi connectivity index (χ0v) is 17.9. The van der Waals surface area contributed by atoms with Gasteiger partial charge in [0.2, 0.25) is 0 Å². The molecule has 0 aliphatic heterocycles. The number of hydrogen-bond donors (Lipinski definition) is 1. The van der Waals surface area contributed by atoms with Crippen molar-refractivity contribution < 1.29 is 9.53 Å². The molecule has 5 aromatic rings. The second-order valence-corrected chi connectivity index (χ2v) is 7.73. The van der Waals surface area contributed by atoms with Crippen molar-refractivity contribution in [1.29, 1.82) is 0 Å². The molecule has 0 saturated carbocycles. The lowest BCUT2D eigenvalue weighted by atomic mass is 9.97.